The molecule has 1 fully saturated rings. The van der Waals surface area contributed by atoms with E-state index >= 15 is 0 Å². The highest BCUT2D eigenvalue weighted by Gasteiger charge is 2.29. The summed E-state index contributed by atoms with van der Waals surface area (Å²) in [5, 5.41) is 6.97. The molecule has 3 amide bonds. The number of hydrogen-bond donors (Lipinski definition) is 3. The van der Waals surface area contributed by atoms with E-state index in [0.29, 0.717) is 18.7 Å². The van der Waals surface area contributed by atoms with E-state index < -0.39 is 0 Å². The number of carbonyl (C=O) groups is 3. The van der Waals surface area contributed by atoms with Crippen molar-refractivity contribution >= 4 is 28.6 Å². The third kappa shape index (κ3) is 5.61. The highest BCUT2D eigenvalue weighted by atomic mass is 16.2. The van der Waals surface area contributed by atoms with Crippen LogP contribution < -0.4 is 10.6 Å². The van der Waals surface area contributed by atoms with E-state index in [-0.39, 0.29) is 36.2 Å². The number of carbonyl (C=O) groups excluding carboxylic acids is 3. The van der Waals surface area contributed by atoms with Gasteiger partial charge in [0.15, 0.2) is 0 Å². The molecule has 7 nitrogen and oxygen atoms in total. The van der Waals surface area contributed by atoms with E-state index in [0.717, 1.165) is 24.8 Å². The molecule has 7 heteroatoms. The van der Waals surface area contributed by atoms with Crippen molar-refractivity contribution in [2.24, 2.45) is 5.92 Å². The van der Waals surface area contributed by atoms with Crippen LogP contribution in [0.1, 0.15) is 35.7 Å². The number of rotatable bonds is 7. The van der Waals surface area contributed by atoms with Crippen LogP contribution in [0.4, 0.5) is 0 Å². The number of hydrogen-bond acceptors (Lipinski definition) is 3. The largest absolute Gasteiger partial charge is 0.361 e. The molecular formula is C26H30N4O3. The lowest BCUT2D eigenvalue weighted by atomic mass is 9.96. The number of nitrogens with one attached hydrogen (secondary N) is 3. The van der Waals surface area contributed by atoms with Gasteiger partial charge in [0.1, 0.15) is 0 Å². The summed E-state index contributed by atoms with van der Waals surface area (Å²) in [6.45, 7) is 2.92. The minimum absolute atomic E-state index is 0.0202. The van der Waals surface area contributed by atoms with Crippen LogP contribution in [0.25, 0.3) is 10.9 Å². The minimum Gasteiger partial charge on any atom is -0.361 e. The van der Waals surface area contributed by atoms with E-state index in [1.54, 1.807) is 29.2 Å². The van der Waals surface area contributed by atoms with Crippen molar-refractivity contribution in [1.82, 2.24) is 20.5 Å². The van der Waals surface area contributed by atoms with Crippen molar-refractivity contribution < 1.29 is 14.4 Å². The number of aromatic amines is 1. The Labute approximate surface area is 193 Å². The predicted molar refractivity (Wildman–Crippen MR) is 128 cm³/mol. The Morgan fingerprint density at radius 2 is 1.85 bits per heavy atom. The van der Waals surface area contributed by atoms with Gasteiger partial charge in [-0.2, -0.15) is 0 Å². The Morgan fingerprint density at radius 1 is 1.09 bits per heavy atom. The van der Waals surface area contributed by atoms with Crippen molar-refractivity contribution in [2.45, 2.75) is 32.2 Å². The number of para-hydroxylation sites is 1. The van der Waals surface area contributed by atoms with Crippen molar-refractivity contribution in [2.75, 3.05) is 19.6 Å². The lowest BCUT2D eigenvalue weighted by Gasteiger charge is -2.32. The molecule has 0 spiro atoms. The predicted octanol–water partition coefficient (Wildman–Crippen LogP) is 2.88. The van der Waals surface area contributed by atoms with Gasteiger partial charge in [-0.25, -0.2) is 0 Å². The normalized spacial score (nSPS) is 16.9. The first kappa shape index (κ1) is 22.6. The Kier molecular flexibility index (Phi) is 7.07. The van der Waals surface area contributed by atoms with Crippen LogP contribution in [0.2, 0.25) is 0 Å². The van der Waals surface area contributed by atoms with Crippen molar-refractivity contribution in [3.05, 3.63) is 71.9 Å². The molecule has 0 saturated carbocycles. The van der Waals surface area contributed by atoms with Gasteiger partial charge in [-0.15, -0.1) is 0 Å². The fourth-order valence-corrected chi connectivity index (χ4v) is 4.42. The van der Waals surface area contributed by atoms with Gasteiger partial charge >= 0.3 is 0 Å². The number of benzene rings is 2. The maximum Gasteiger partial charge on any atom is 0.251 e. The first-order valence-electron chi connectivity index (χ1n) is 11.5. The lowest BCUT2D eigenvalue weighted by molar-refractivity contribution is -0.135. The SMILES string of the molecule is CC(Cc1c[nH]c2ccccc12)NC(=O)C1CCCN(C(=O)CNC(=O)c2ccccc2)C1. The summed E-state index contributed by atoms with van der Waals surface area (Å²) >= 11 is 0. The second-order valence-corrected chi connectivity index (χ2v) is 8.70. The molecule has 3 N–H and O–H groups in total. The Morgan fingerprint density at radius 3 is 2.67 bits per heavy atom. The van der Waals surface area contributed by atoms with E-state index in [4.69, 9.17) is 0 Å². The summed E-state index contributed by atoms with van der Waals surface area (Å²) in [7, 11) is 0. The van der Waals surface area contributed by atoms with Gasteiger partial charge in [-0.3, -0.25) is 14.4 Å². The molecule has 2 atom stereocenters. The number of likely N-dealkylation sites (tertiary alicyclic amines) is 1. The number of piperidine rings is 1. The van der Waals surface area contributed by atoms with Crippen LogP contribution in [-0.2, 0) is 16.0 Å². The van der Waals surface area contributed by atoms with E-state index in [2.05, 4.69) is 21.7 Å². The molecule has 4 rings (SSSR count). The molecule has 0 aliphatic carbocycles. The number of fused-ring (bicyclic) bond motifs is 1. The molecule has 2 aromatic carbocycles. The summed E-state index contributed by atoms with van der Waals surface area (Å²) in [4.78, 5) is 42.7. The summed E-state index contributed by atoms with van der Waals surface area (Å²) in [5.74, 6) is -0.698. The number of amides is 3. The van der Waals surface area contributed by atoms with Crippen molar-refractivity contribution in [1.29, 1.82) is 0 Å². The molecular weight excluding hydrogens is 416 g/mol. The third-order valence-electron chi connectivity index (χ3n) is 6.17. The number of H-pyrrole nitrogens is 1. The van der Waals surface area contributed by atoms with Gasteiger partial charge in [0, 0.05) is 41.8 Å². The van der Waals surface area contributed by atoms with Gasteiger partial charge in [0.25, 0.3) is 5.91 Å². The monoisotopic (exact) mass is 446 g/mol. The maximum atomic E-state index is 12.9. The number of nitrogens with zero attached hydrogens (tertiary/aromatic N) is 1. The quantitative estimate of drug-likeness (QED) is 0.521. The zero-order valence-electron chi connectivity index (χ0n) is 18.8. The summed E-state index contributed by atoms with van der Waals surface area (Å²) in [6, 6.07) is 16.9. The summed E-state index contributed by atoms with van der Waals surface area (Å²) < 4.78 is 0. The minimum atomic E-state index is -0.277. The molecule has 3 aromatic rings. The van der Waals surface area contributed by atoms with Gasteiger partial charge in [0.05, 0.1) is 12.5 Å². The molecule has 1 saturated heterocycles. The third-order valence-corrected chi connectivity index (χ3v) is 6.17. The van der Waals surface area contributed by atoms with Crippen molar-refractivity contribution in [3.63, 3.8) is 0 Å². The van der Waals surface area contributed by atoms with Gasteiger partial charge in [0.2, 0.25) is 11.8 Å². The van der Waals surface area contributed by atoms with Gasteiger partial charge in [-0.1, -0.05) is 36.4 Å². The molecule has 0 bridgehead atoms. The second-order valence-electron chi connectivity index (χ2n) is 8.70. The van der Waals surface area contributed by atoms with Crippen LogP contribution in [0.5, 0.6) is 0 Å². The molecule has 2 heterocycles. The number of aromatic nitrogens is 1. The lowest BCUT2D eigenvalue weighted by Crippen LogP contribution is -2.49. The molecule has 33 heavy (non-hydrogen) atoms. The summed E-state index contributed by atoms with van der Waals surface area (Å²) in [5.41, 5.74) is 2.78. The zero-order valence-corrected chi connectivity index (χ0v) is 18.8. The van der Waals surface area contributed by atoms with Crippen LogP contribution in [0.15, 0.2) is 60.8 Å². The highest BCUT2D eigenvalue weighted by Crippen LogP contribution is 2.20. The Balaban J connectivity index is 1.27. The van der Waals surface area contributed by atoms with E-state index in [1.165, 1.54) is 10.9 Å². The Hall–Kier alpha value is -3.61. The van der Waals surface area contributed by atoms with Crippen molar-refractivity contribution in [3.8, 4) is 0 Å². The van der Waals surface area contributed by atoms with Crippen LogP contribution in [-0.4, -0.2) is 53.3 Å². The highest BCUT2D eigenvalue weighted by molar-refractivity contribution is 5.96. The molecule has 1 aromatic heterocycles. The fourth-order valence-electron chi connectivity index (χ4n) is 4.42. The maximum absolute atomic E-state index is 12.9. The van der Waals surface area contributed by atoms with Gasteiger partial charge < -0.3 is 20.5 Å². The van der Waals surface area contributed by atoms with E-state index in [1.807, 2.05) is 37.4 Å². The molecule has 172 valence electrons. The molecule has 0 radical (unpaired) electrons. The van der Waals surface area contributed by atoms with Crippen LogP contribution in [0, 0.1) is 5.92 Å². The first-order valence-corrected chi connectivity index (χ1v) is 11.5. The smallest absolute Gasteiger partial charge is 0.251 e. The average Bonchev–Trinajstić information content (AvgIpc) is 3.25. The first-order chi connectivity index (χ1) is 16.0. The zero-order chi connectivity index (χ0) is 23.2. The van der Waals surface area contributed by atoms with Crippen LogP contribution >= 0.6 is 0 Å². The topological polar surface area (TPSA) is 94.3 Å². The standard InChI is InChI=1S/C26H30N4O3/c1-18(14-21-15-27-23-12-6-5-11-22(21)23)29-26(33)20-10-7-13-30(17-20)24(31)16-28-25(32)19-8-3-2-4-9-19/h2-6,8-9,11-12,15,18,20,27H,7,10,13-14,16-17H2,1H3,(H,28,32)(H,29,33). The molecule has 1 aliphatic heterocycles. The molecule has 1 aliphatic rings. The average molecular weight is 447 g/mol. The Bertz CT molecular complexity index is 1120. The fraction of sp³-hybridized carbons (Fsp3) is 0.346. The second kappa shape index (κ2) is 10.3. The van der Waals surface area contributed by atoms with Crippen LogP contribution in [0.3, 0.4) is 0 Å². The van der Waals surface area contributed by atoms with E-state index in [9.17, 15) is 14.4 Å². The summed E-state index contributed by atoms with van der Waals surface area (Å²) in [6.07, 6.45) is 4.26. The molecule has 2 unspecified atom stereocenters. The van der Waals surface area contributed by atoms with Gasteiger partial charge in [-0.05, 0) is 49.9 Å².